The van der Waals surface area contributed by atoms with E-state index >= 15 is 0 Å². The Kier molecular flexibility index (Phi) is 12.1. The Labute approximate surface area is 284 Å². The SMILES string of the molecule is CCNC(=O)c1noc(-c2cc(Cl)c(OCc3ccccc3)cc2OCc2ccccc2)c1-c1ccc(OCCCC(=O)OCC)cc1. The van der Waals surface area contributed by atoms with Crippen molar-refractivity contribution in [2.75, 3.05) is 19.8 Å². The molecule has 5 rings (SSSR count). The molecule has 0 unspecified atom stereocenters. The van der Waals surface area contributed by atoms with E-state index in [1.807, 2.05) is 79.7 Å². The molecule has 0 aliphatic rings. The van der Waals surface area contributed by atoms with Gasteiger partial charge in [0.2, 0.25) is 0 Å². The van der Waals surface area contributed by atoms with Gasteiger partial charge in [-0.2, -0.15) is 0 Å². The van der Waals surface area contributed by atoms with Crippen molar-refractivity contribution in [1.82, 2.24) is 10.5 Å². The molecular weight excluding hydrogens is 632 g/mol. The minimum atomic E-state index is -0.387. The average molecular weight is 669 g/mol. The van der Waals surface area contributed by atoms with Gasteiger partial charge in [0.1, 0.15) is 30.5 Å². The zero-order chi connectivity index (χ0) is 33.7. The topological polar surface area (TPSA) is 109 Å². The van der Waals surface area contributed by atoms with E-state index in [-0.39, 0.29) is 30.6 Å². The highest BCUT2D eigenvalue weighted by molar-refractivity contribution is 6.32. The number of aromatic nitrogens is 1. The van der Waals surface area contributed by atoms with Crippen LogP contribution in [0, 0.1) is 0 Å². The predicted molar refractivity (Wildman–Crippen MR) is 183 cm³/mol. The molecule has 5 aromatic rings. The summed E-state index contributed by atoms with van der Waals surface area (Å²) in [5.41, 5.74) is 3.70. The molecule has 0 spiro atoms. The fourth-order valence-electron chi connectivity index (χ4n) is 4.91. The maximum atomic E-state index is 13.2. The van der Waals surface area contributed by atoms with E-state index in [0.29, 0.717) is 77.5 Å². The third kappa shape index (κ3) is 8.95. The van der Waals surface area contributed by atoms with Gasteiger partial charge in [0.15, 0.2) is 11.5 Å². The molecule has 0 saturated carbocycles. The summed E-state index contributed by atoms with van der Waals surface area (Å²) in [6.45, 7) is 5.29. The van der Waals surface area contributed by atoms with Gasteiger partial charge >= 0.3 is 5.97 Å². The first-order valence-corrected chi connectivity index (χ1v) is 16.2. The molecule has 0 bridgehead atoms. The van der Waals surface area contributed by atoms with Crippen molar-refractivity contribution in [2.45, 2.75) is 39.9 Å². The third-order valence-electron chi connectivity index (χ3n) is 7.24. The molecule has 248 valence electrons. The van der Waals surface area contributed by atoms with Crippen LogP contribution < -0.4 is 19.5 Å². The van der Waals surface area contributed by atoms with E-state index < -0.39 is 0 Å². The smallest absolute Gasteiger partial charge is 0.305 e. The number of amides is 1. The second-order valence-corrected chi connectivity index (χ2v) is 11.1. The van der Waals surface area contributed by atoms with E-state index in [9.17, 15) is 9.59 Å². The summed E-state index contributed by atoms with van der Waals surface area (Å²) in [6.07, 6.45) is 0.800. The molecule has 0 saturated heterocycles. The van der Waals surface area contributed by atoms with Crippen LogP contribution in [0.5, 0.6) is 17.2 Å². The van der Waals surface area contributed by atoms with Crippen molar-refractivity contribution >= 4 is 23.5 Å². The van der Waals surface area contributed by atoms with E-state index in [1.54, 1.807) is 31.2 Å². The van der Waals surface area contributed by atoms with Crippen molar-refractivity contribution in [3.05, 3.63) is 119 Å². The monoisotopic (exact) mass is 668 g/mol. The first-order valence-electron chi connectivity index (χ1n) is 15.8. The highest BCUT2D eigenvalue weighted by Crippen LogP contribution is 2.44. The lowest BCUT2D eigenvalue weighted by Crippen LogP contribution is -2.23. The van der Waals surface area contributed by atoms with E-state index in [4.69, 9.17) is 35.1 Å². The molecule has 48 heavy (non-hydrogen) atoms. The summed E-state index contributed by atoms with van der Waals surface area (Å²) in [6, 6.07) is 30.2. The van der Waals surface area contributed by atoms with Crippen LogP contribution >= 0.6 is 11.6 Å². The van der Waals surface area contributed by atoms with Crippen molar-refractivity contribution in [2.24, 2.45) is 0 Å². The van der Waals surface area contributed by atoms with Crippen LogP contribution in [0.2, 0.25) is 5.02 Å². The number of hydrogen-bond acceptors (Lipinski definition) is 8. The molecule has 0 fully saturated rings. The van der Waals surface area contributed by atoms with Gasteiger partial charge in [-0.1, -0.05) is 89.6 Å². The Hall–Kier alpha value is -5.28. The number of nitrogens with one attached hydrogen (secondary N) is 1. The Bertz CT molecular complexity index is 1790. The minimum absolute atomic E-state index is 0.115. The summed E-state index contributed by atoms with van der Waals surface area (Å²) in [7, 11) is 0. The molecule has 1 amide bonds. The van der Waals surface area contributed by atoms with Crippen LogP contribution in [0.1, 0.15) is 48.3 Å². The van der Waals surface area contributed by atoms with Gasteiger partial charge < -0.3 is 28.8 Å². The number of rotatable bonds is 16. The first kappa shape index (κ1) is 34.1. The summed E-state index contributed by atoms with van der Waals surface area (Å²) < 4.78 is 29.2. The average Bonchev–Trinajstić information content (AvgIpc) is 3.55. The van der Waals surface area contributed by atoms with Crippen LogP contribution in [-0.4, -0.2) is 36.8 Å². The number of hydrogen-bond donors (Lipinski definition) is 1. The molecule has 4 aromatic carbocycles. The fourth-order valence-corrected chi connectivity index (χ4v) is 5.13. The maximum absolute atomic E-state index is 13.2. The molecule has 10 heteroatoms. The number of carbonyl (C=O) groups excluding carboxylic acids is 2. The van der Waals surface area contributed by atoms with Gasteiger partial charge in [-0.05, 0) is 55.2 Å². The van der Waals surface area contributed by atoms with Crippen LogP contribution in [0.3, 0.4) is 0 Å². The highest BCUT2D eigenvalue weighted by Gasteiger charge is 2.27. The lowest BCUT2D eigenvalue weighted by Gasteiger charge is -2.16. The van der Waals surface area contributed by atoms with Gasteiger partial charge in [0, 0.05) is 19.0 Å². The summed E-state index contributed by atoms with van der Waals surface area (Å²) in [5.74, 6) is 1.14. The second kappa shape index (κ2) is 17.0. The fraction of sp³-hybridized carbons (Fsp3) is 0.237. The molecule has 1 aromatic heterocycles. The van der Waals surface area contributed by atoms with Gasteiger partial charge in [0.05, 0.1) is 29.4 Å². The third-order valence-corrected chi connectivity index (χ3v) is 7.54. The summed E-state index contributed by atoms with van der Waals surface area (Å²) in [4.78, 5) is 24.8. The molecule has 1 N–H and O–H groups in total. The van der Waals surface area contributed by atoms with Crippen molar-refractivity contribution in [3.63, 3.8) is 0 Å². The van der Waals surface area contributed by atoms with Crippen molar-refractivity contribution < 1.29 is 33.1 Å². The lowest BCUT2D eigenvalue weighted by molar-refractivity contribution is -0.143. The Morgan fingerprint density at radius 2 is 1.46 bits per heavy atom. The Morgan fingerprint density at radius 3 is 2.08 bits per heavy atom. The molecule has 0 aliphatic heterocycles. The number of carbonyl (C=O) groups is 2. The number of benzene rings is 4. The molecule has 0 atom stereocenters. The molecule has 0 aliphatic carbocycles. The maximum Gasteiger partial charge on any atom is 0.305 e. The van der Waals surface area contributed by atoms with Crippen LogP contribution in [0.15, 0.2) is 102 Å². The minimum Gasteiger partial charge on any atom is -0.494 e. The van der Waals surface area contributed by atoms with Gasteiger partial charge in [-0.25, -0.2) is 0 Å². The Balaban J connectivity index is 1.48. The quantitative estimate of drug-likeness (QED) is 0.0826. The number of esters is 1. The van der Waals surface area contributed by atoms with E-state index in [0.717, 1.165) is 11.1 Å². The molecule has 9 nitrogen and oxygen atoms in total. The zero-order valence-corrected chi connectivity index (χ0v) is 27.6. The van der Waals surface area contributed by atoms with Gasteiger partial charge in [-0.3, -0.25) is 9.59 Å². The lowest BCUT2D eigenvalue weighted by atomic mass is 9.98. The van der Waals surface area contributed by atoms with Crippen molar-refractivity contribution in [1.29, 1.82) is 0 Å². The first-order chi connectivity index (χ1) is 23.5. The van der Waals surface area contributed by atoms with Crippen LogP contribution in [-0.2, 0) is 22.7 Å². The van der Waals surface area contributed by atoms with Crippen LogP contribution in [0.4, 0.5) is 0 Å². The number of nitrogens with zero attached hydrogens (tertiary/aromatic N) is 1. The molecule has 1 heterocycles. The summed E-state index contributed by atoms with van der Waals surface area (Å²) >= 11 is 6.80. The Morgan fingerprint density at radius 1 is 0.812 bits per heavy atom. The zero-order valence-electron chi connectivity index (χ0n) is 26.9. The van der Waals surface area contributed by atoms with Crippen LogP contribution in [0.25, 0.3) is 22.5 Å². The predicted octanol–water partition coefficient (Wildman–Crippen LogP) is 8.29. The number of ether oxygens (including phenoxy) is 4. The largest absolute Gasteiger partial charge is 0.494 e. The highest BCUT2D eigenvalue weighted by atomic mass is 35.5. The van der Waals surface area contributed by atoms with Gasteiger partial charge in [-0.15, -0.1) is 0 Å². The molecule has 0 radical (unpaired) electrons. The van der Waals surface area contributed by atoms with Gasteiger partial charge in [0.25, 0.3) is 5.91 Å². The summed E-state index contributed by atoms with van der Waals surface area (Å²) in [5, 5.41) is 7.35. The van der Waals surface area contributed by atoms with E-state index in [2.05, 4.69) is 10.5 Å². The number of halogens is 1. The standard InChI is InChI=1S/C38H37ClN2O7/c1-3-40-38(43)36-35(28-17-19-29(20-18-28)45-21-11-16-34(42)44-4-2)37(48-41-36)30-22-31(39)33(47-25-27-14-9-6-10-15-27)23-32(30)46-24-26-12-7-5-8-13-26/h5-10,12-15,17-20,22-23H,3-4,11,16,21,24-25H2,1-2H3,(H,40,43). The normalized spacial score (nSPS) is 10.7. The van der Waals surface area contributed by atoms with E-state index in [1.165, 1.54) is 0 Å². The second-order valence-electron chi connectivity index (χ2n) is 10.7. The molecular formula is C38H37ClN2O7. The van der Waals surface area contributed by atoms with Crippen molar-refractivity contribution in [3.8, 4) is 39.7 Å².